The van der Waals surface area contributed by atoms with Gasteiger partial charge in [-0.3, -0.25) is 0 Å². The molecule has 22 rings (SSSR count). The molecule has 2 heterocycles. The summed E-state index contributed by atoms with van der Waals surface area (Å²) in [6.07, 6.45) is 0. The second-order valence-electron chi connectivity index (χ2n) is 35.5. The third-order valence-corrected chi connectivity index (χ3v) is 25.8. The molecule has 2 aliphatic heterocycles. The summed E-state index contributed by atoms with van der Waals surface area (Å²) in [5, 5.41) is 7.62. The Morgan fingerprint density at radius 1 is 0.210 bits per heavy atom. The molecule has 2 aliphatic rings. The van der Waals surface area contributed by atoms with Crippen LogP contribution in [0.1, 0.15) is 52.7 Å². The third-order valence-electron chi connectivity index (χ3n) is 25.8. The average Bonchev–Trinajstić information content (AvgIpc) is 0.684. The van der Waals surface area contributed by atoms with E-state index < -0.39 is 0 Å². The van der Waals surface area contributed by atoms with Crippen molar-refractivity contribution >= 4 is 107 Å². The monoisotopic (exact) mass is 1580 g/mol. The van der Waals surface area contributed by atoms with Crippen molar-refractivity contribution < 1.29 is 0 Å². The van der Waals surface area contributed by atoms with E-state index >= 15 is 0 Å². The molecule has 0 aromatic heterocycles. The Hall–Kier alpha value is -15.1. The van der Waals surface area contributed by atoms with Gasteiger partial charge in [-0.2, -0.15) is 0 Å². The molecule has 0 spiro atoms. The first kappa shape index (κ1) is 75.1. The van der Waals surface area contributed by atoms with Crippen molar-refractivity contribution in [2.24, 2.45) is 0 Å². The lowest BCUT2D eigenvalue weighted by molar-refractivity contribution is 0.591. The third kappa shape index (κ3) is 13.3. The van der Waals surface area contributed by atoms with Gasteiger partial charge in [0, 0.05) is 56.4 Å². The van der Waals surface area contributed by atoms with E-state index in [-0.39, 0.29) is 17.5 Å². The zero-order valence-electron chi connectivity index (χ0n) is 70.5. The average molecular weight is 1580 g/mol. The van der Waals surface area contributed by atoms with Gasteiger partial charge in [0.2, 0.25) is 0 Å². The minimum atomic E-state index is -0.341. The van der Waals surface area contributed by atoms with Crippen LogP contribution in [0.25, 0.3) is 144 Å². The van der Waals surface area contributed by atoms with Crippen molar-refractivity contribution in [3.8, 4) is 111 Å². The number of fused-ring (bicyclic) bond motifs is 4. The molecular weight excluding hydrogens is 1490 g/mol. The quantitative estimate of drug-likeness (QED) is 0.0748. The first-order valence-electron chi connectivity index (χ1n) is 43.5. The van der Waals surface area contributed by atoms with Crippen LogP contribution in [0.3, 0.4) is 0 Å². The summed E-state index contributed by atoms with van der Waals surface area (Å²) in [6.45, 7) is 13.8. The summed E-state index contributed by atoms with van der Waals surface area (Å²) in [5.74, 6) is 0. The largest absolute Gasteiger partial charge is 0.310 e. The molecule has 0 aliphatic carbocycles. The summed E-state index contributed by atoms with van der Waals surface area (Å²) in [6, 6.07) is 165. The van der Waals surface area contributed by atoms with Crippen molar-refractivity contribution in [1.29, 1.82) is 0 Å². The molecule has 0 unspecified atom stereocenters. The highest BCUT2D eigenvalue weighted by atomic mass is 15.2. The Morgan fingerprint density at radius 2 is 0.508 bits per heavy atom. The molecule has 4 heteroatoms. The van der Waals surface area contributed by atoms with Gasteiger partial charge < -0.3 is 14.7 Å². The minimum absolute atomic E-state index is 0.108. The van der Waals surface area contributed by atoms with Crippen LogP contribution in [-0.4, -0.2) is 6.71 Å². The lowest BCUT2D eigenvalue weighted by atomic mass is 9.33. The lowest BCUT2D eigenvalue weighted by Gasteiger charge is -2.46. The lowest BCUT2D eigenvalue weighted by Crippen LogP contribution is -2.61. The number of hydrogen-bond donors (Lipinski definition) is 0. The summed E-state index contributed by atoms with van der Waals surface area (Å²) < 4.78 is 0. The predicted octanol–water partition coefficient (Wildman–Crippen LogP) is 31.4. The molecule has 588 valence electrons. The normalized spacial score (nSPS) is 12.4. The fraction of sp³-hybridized carbons (Fsp3) is 0.0667. The fourth-order valence-corrected chi connectivity index (χ4v) is 19.6. The topological polar surface area (TPSA) is 9.72 Å². The maximum atomic E-state index is 2.75. The van der Waals surface area contributed by atoms with Gasteiger partial charge in [-0.25, -0.2) is 0 Å². The highest BCUT2D eigenvalue weighted by Gasteiger charge is 2.47. The first-order valence-corrected chi connectivity index (χ1v) is 43.5. The van der Waals surface area contributed by atoms with E-state index in [1.807, 2.05) is 0 Å². The second kappa shape index (κ2) is 30.6. The molecule has 0 radical (unpaired) electrons. The molecule has 0 saturated heterocycles. The molecule has 20 aromatic carbocycles. The molecule has 0 fully saturated rings. The van der Waals surface area contributed by atoms with Crippen LogP contribution in [0.2, 0.25) is 0 Å². The van der Waals surface area contributed by atoms with E-state index in [1.54, 1.807) is 0 Å². The second-order valence-corrected chi connectivity index (χ2v) is 35.5. The number of rotatable bonds is 15. The standard InChI is InChI=1S/C120H90BN3/c1-119(2,3)97-66-92-52-53-93-67-98(120(4,5)6)76-107-102(73-96(68-97)114(92)115(93)107)91-59-65-109-111(75-91)124(118-105(88-48-30-14-31-49-88)71-95(83-42-24-11-25-43-83)72-106(118)89-50-32-15-33-51-89)113-78-101(122(99-60-54-84(55-61-99)79-34-16-7-17-35-79)100-62-56-85(57-63-100)80-36-18-8-19-37-80)77-112-116(113)121(109)108-64-58-90(81-38-20-9-21-39-81)74-110(108)123(112)117-103(86-44-26-12-27-45-86)69-94(82-40-22-10-23-41-82)70-104(117)87-46-28-13-29-47-87/h7-78H,1-6H3. The van der Waals surface area contributed by atoms with E-state index in [2.05, 4.69) is 493 Å². The summed E-state index contributed by atoms with van der Waals surface area (Å²) in [5.41, 5.74) is 37.9. The van der Waals surface area contributed by atoms with E-state index in [1.165, 1.54) is 65.4 Å². The van der Waals surface area contributed by atoms with Crippen molar-refractivity contribution in [3.05, 3.63) is 448 Å². The van der Waals surface area contributed by atoms with Gasteiger partial charge in [-0.15, -0.1) is 0 Å². The Bertz CT molecular complexity index is 7210. The molecule has 0 atom stereocenters. The van der Waals surface area contributed by atoms with Gasteiger partial charge >= 0.3 is 0 Å². The number of anilines is 9. The minimum Gasteiger partial charge on any atom is -0.310 e. The summed E-state index contributed by atoms with van der Waals surface area (Å²) >= 11 is 0. The molecule has 124 heavy (non-hydrogen) atoms. The van der Waals surface area contributed by atoms with E-state index in [0.29, 0.717) is 0 Å². The smallest absolute Gasteiger partial charge is 0.252 e. The fourth-order valence-electron chi connectivity index (χ4n) is 19.6. The zero-order chi connectivity index (χ0) is 83.3. The summed E-state index contributed by atoms with van der Waals surface area (Å²) in [7, 11) is 0. The van der Waals surface area contributed by atoms with Gasteiger partial charge in [0.15, 0.2) is 0 Å². The Morgan fingerprint density at radius 3 is 0.879 bits per heavy atom. The Labute approximate surface area is 727 Å². The van der Waals surface area contributed by atoms with Crippen molar-refractivity contribution in [2.45, 2.75) is 52.4 Å². The molecule has 0 bridgehead atoms. The number of nitrogens with zero attached hydrogens (tertiary/aromatic N) is 3. The molecule has 0 amide bonds. The summed E-state index contributed by atoms with van der Waals surface area (Å²) in [4.78, 5) is 7.99. The van der Waals surface area contributed by atoms with Crippen LogP contribution in [0.15, 0.2) is 437 Å². The van der Waals surface area contributed by atoms with Gasteiger partial charge in [0.25, 0.3) is 6.71 Å². The van der Waals surface area contributed by atoms with Crippen molar-refractivity contribution in [3.63, 3.8) is 0 Å². The van der Waals surface area contributed by atoms with Crippen molar-refractivity contribution in [1.82, 2.24) is 0 Å². The zero-order valence-corrected chi connectivity index (χ0v) is 70.5. The van der Waals surface area contributed by atoms with Crippen LogP contribution >= 0.6 is 0 Å². The van der Waals surface area contributed by atoms with Crippen LogP contribution in [0.4, 0.5) is 51.2 Å². The van der Waals surface area contributed by atoms with Crippen LogP contribution in [0, 0.1) is 0 Å². The molecule has 0 N–H and O–H groups in total. The van der Waals surface area contributed by atoms with Gasteiger partial charge in [0.1, 0.15) is 0 Å². The van der Waals surface area contributed by atoms with Gasteiger partial charge in [-0.05, 0) is 245 Å². The molecule has 3 nitrogen and oxygen atoms in total. The van der Waals surface area contributed by atoms with E-state index in [0.717, 1.165) is 157 Å². The highest BCUT2D eigenvalue weighted by Crippen LogP contribution is 2.58. The SMILES string of the molecule is CC(C)(C)c1cc2ccc3cc(C(C)(C)C)cc4c(-c5ccc6c(c5)N(c5c(-c7ccccc7)cc(-c7ccccc7)cc5-c5ccccc5)c5cc(N(c7ccc(-c8ccccc8)cc7)c7ccc(-c8ccccc8)cc7)cc7c5B6c5ccc(-c6ccccc6)cc5N7c5c(-c6ccccc6)cc(-c6ccccc6)cc5-c5ccccc5)cc(c1)c2c34. The Balaban J connectivity index is 0.936. The molecule has 20 aromatic rings. The van der Waals surface area contributed by atoms with Gasteiger partial charge in [-0.1, -0.05) is 393 Å². The number of hydrogen-bond acceptors (Lipinski definition) is 3. The molecular formula is C120H90BN3. The van der Waals surface area contributed by atoms with E-state index in [9.17, 15) is 0 Å². The maximum Gasteiger partial charge on any atom is 0.252 e. The number of benzene rings is 20. The van der Waals surface area contributed by atoms with Crippen LogP contribution < -0.4 is 31.1 Å². The first-order chi connectivity index (χ1) is 60.8. The van der Waals surface area contributed by atoms with Gasteiger partial charge in [0.05, 0.1) is 17.1 Å². The Kier molecular flexibility index (Phi) is 18.5. The van der Waals surface area contributed by atoms with Crippen molar-refractivity contribution in [2.75, 3.05) is 14.7 Å². The maximum absolute atomic E-state index is 2.75. The predicted molar refractivity (Wildman–Crippen MR) is 531 cm³/mol. The molecule has 0 saturated carbocycles. The van der Waals surface area contributed by atoms with Crippen LogP contribution in [0.5, 0.6) is 0 Å². The highest BCUT2D eigenvalue weighted by molar-refractivity contribution is 7.00. The van der Waals surface area contributed by atoms with Crippen LogP contribution in [-0.2, 0) is 10.8 Å². The van der Waals surface area contributed by atoms with E-state index in [4.69, 9.17) is 0 Å².